The average molecular weight is 185 g/mol. The second kappa shape index (κ2) is 4.09. The van der Waals surface area contributed by atoms with E-state index in [1.165, 1.54) is 0 Å². The molecule has 0 radical (unpaired) electrons. The molecule has 1 aliphatic heterocycles. The van der Waals surface area contributed by atoms with Crippen LogP contribution in [0.15, 0.2) is 0 Å². The lowest BCUT2D eigenvalue weighted by molar-refractivity contribution is -0.150. The number of hydrogen-bond acceptors (Lipinski definition) is 2. The lowest BCUT2D eigenvalue weighted by Crippen LogP contribution is -2.50. The zero-order valence-electron chi connectivity index (χ0n) is 8.55. The summed E-state index contributed by atoms with van der Waals surface area (Å²) in [5.74, 6) is -0.670. The number of rotatable bonds is 4. The highest BCUT2D eigenvalue weighted by atomic mass is 16.4. The molecule has 1 fully saturated rings. The van der Waals surface area contributed by atoms with E-state index in [1.54, 1.807) is 0 Å². The summed E-state index contributed by atoms with van der Waals surface area (Å²) >= 11 is 0. The van der Waals surface area contributed by atoms with Crippen LogP contribution >= 0.6 is 0 Å². The van der Waals surface area contributed by atoms with Gasteiger partial charge in [0, 0.05) is 0 Å². The van der Waals surface area contributed by atoms with Crippen LogP contribution in [-0.2, 0) is 4.79 Å². The molecule has 0 aliphatic carbocycles. The first kappa shape index (κ1) is 10.5. The Morgan fingerprint density at radius 3 is 2.38 bits per heavy atom. The molecule has 0 bridgehead atoms. The Labute approximate surface area is 79.7 Å². The largest absolute Gasteiger partial charge is 0.480 e. The van der Waals surface area contributed by atoms with Gasteiger partial charge in [0.05, 0.1) is 0 Å². The van der Waals surface area contributed by atoms with Gasteiger partial charge in [-0.1, -0.05) is 13.3 Å². The van der Waals surface area contributed by atoms with Crippen molar-refractivity contribution in [2.75, 3.05) is 13.1 Å². The standard InChI is InChI=1S/C10H19NO2/c1-3-6-10(2,9(12)13)11-7-4-5-8-11/h3-8H2,1-2H3,(H,12,13). The van der Waals surface area contributed by atoms with Crippen LogP contribution < -0.4 is 0 Å². The van der Waals surface area contributed by atoms with E-state index in [2.05, 4.69) is 4.90 Å². The smallest absolute Gasteiger partial charge is 0.323 e. The van der Waals surface area contributed by atoms with Crippen LogP contribution in [-0.4, -0.2) is 34.6 Å². The monoisotopic (exact) mass is 185 g/mol. The second-order valence-corrected chi connectivity index (χ2v) is 4.02. The van der Waals surface area contributed by atoms with Gasteiger partial charge < -0.3 is 5.11 Å². The Morgan fingerprint density at radius 1 is 1.46 bits per heavy atom. The normalized spacial score (nSPS) is 22.9. The maximum absolute atomic E-state index is 11.2. The van der Waals surface area contributed by atoms with Crippen molar-refractivity contribution in [1.82, 2.24) is 4.90 Å². The van der Waals surface area contributed by atoms with Gasteiger partial charge in [-0.05, 0) is 39.3 Å². The van der Waals surface area contributed by atoms with Crippen molar-refractivity contribution in [3.8, 4) is 0 Å². The van der Waals surface area contributed by atoms with Crippen LogP contribution in [0.25, 0.3) is 0 Å². The maximum Gasteiger partial charge on any atom is 0.323 e. The first-order valence-electron chi connectivity index (χ1n) is 5.09. The minimum absolute atomic E-state index is 0.620. The molecule has 76 valence electrons. The molecule has 1 unspecified atom stereocenters. The lowest BCUT2D eigenvalue weighted by Gasteiger charge is -2.34. The van der Waals surface area contributed by atoms with Gasteiger partial charge in [0.15, 0.2) is 0 Å². The molecule has 1 aliphatic rings. The van der Waals surface area contributed by atoms with Gasteiger partial charge in [0.25, 0.3) is 0 Å². The van der Waals surface area contributed by atoms with Gasteiger partial charge >= 0.3 is 5.97 Å². The fourth-order valence-electron chi connectivity index (χ4n) is 2.10. The van der Waals surface area contributed by atoms with Crippen LogP contribution in [0, 0.1) is 0 Å². The van der Waals surface area contributed by atoms with Crippen molar-refractivity contribution in [3.05, 3.63) is 0 Å². The van der Waals surface area contributed by atoms with Crippen molar-refractivity contribution < 1.29 is 9.90 Å². The van der Waals surface area contributed by atoms with E-state index in [0.717, 1.165) is 38.8 Å². The summed E-state index contributed by atoms with van der Waals surface area (Å²) in [7, 11) is 0. The summed E-state index contributed by atoms with van der Waals surface area (Å²) in [5, 5.41) is 9.18. The van der Waals surface area contributed by atoms with Crippen molar-refractivity contribution in [2.24, 2.45) is 0 Å². The molecular formula is C10H19NO2. The van der Waals surface area contributed by atoms with E-state index >= 15 is 0 Å². The van der Waals surface area contributed by atoms with Crippen molar-refractivity contribution in [2.45, 2.75) is 45.1 Å². The molecule has 0 saturated carbocycles. The van der Waals surface area contributed by atoms with Gasteiger partial charge in [0.1, 0.15) is 5.54 Å². The molecule has 0 aromatic carbocycles. The van der Waals surface area contributed by atoms with Crippen LogP contribution in [0.5, 0.6) is 0 Å². The summed E-state index contributed by atoms with van der Waals surface area (Å²) in [6, 6.07) is 0. The fraction of sp³-hybridized carbons (Fsp3) is 0.900. The number of carboxylic acid groups (broad SMARTS) is 1. The van der Waals surface area contributed by atoms with Gasteiger partial charge in [-0.3, -0.25) is 9.69 Å². The quantitative estimate of drug-likeness (QED) is 0.725. The zero-order valence-corrected chi connectivity index (χ0v) is 8.55. The third-order valence-electron chi connectivity index (χ3n) is 3.00. The summed E-state index contributed by atoms with van der Waals surface area (Å²) in [4.78, 5) is 13.3. The minimum Gasteiger partial charge on any atom is -0.480 e. The number of carbonyl (C=O) groups is 1. The number of aliphatic carboxylic acids is 1. The maximum atomic E-state index is 11.2. The Kier molecular flexibility index (Phi) is 3.31. The second-order valence-electron chi connectivity index (χ2n) is 4.02. The first-order chi connectivity index (χ1) is 6.11. The Bertz CT molecular complexity index is 187. The van der Waals surface area contributed by atoms with Crippen molar-refractivity contribution in [3.63, 3.8) is 0 Å². The summed E-state index contributed by atoms with van der Waals surface area (Å²) in [6.07, 6.45) is 3.97. The summed E-state index contributed by atoms with van der Waals surface area (Å²) in [6.45, 7) is 5.78. The Hall–Kier alpha value is -0.570. The molecule has 1 heterocycles. The molecule has 0 amide bonds. The average Bonchev–Trinajstić information content (AvgIpc) is 2.56. The van der Waals surface area contributed by atoms with Gasteiger partial charge in [-0.25, -0.2) is 0 Å². The van der Waals surface area contributed by atoms with E-state index < -0.39 is 11.5 Å². The fourth-order valence-corrected chi connectivity index (χ4v) is 2.10. The molecule has 1 atom stereocenters. The van der Waals surface area contributed by atoms with Crippen LogP contribution in [0.2, 0.25) is 0 Å². The van der Waals surface area contributed by atoms with Gasteiger partial charge in [-0.2, -0.15) is 0 Å². The number of likely N-dealkylation sites (tertiary alicyclic amines) is 1. The van der Waals surface area contributed by atoms with Crippen LogP contribution in [0.4, 0.5) is 0 Å². The Balaban J connectivity index is 2.69. The van der Waals surface area contributed by atoms with E-state index in [1.807, 2.05) is 13.8 Å². The molecule has 0 aromatic heterocycles. The third kappa shape index (κ3) is 2.02. The first-order valence-corrected chi connectivity index (χ1v) is 5.09. The molecule has 1 N–H and O–H groups in total. The van der Waals surface area contributed by atoms with E-state index in [0.29, 0.717) is 0 Å². The van der Waals surface area contributed by atoms with Crippen molar-refractivity contribution in [1.29, 1.82) is 0 Å². The highest BCUT2D eigenvalue weighted by molar-refractivity contribution is 5.78. The van der Waals surface area contributed by atoms with Crippen LogP contribution in [0.1, 0.15) is 39.5 Å². The van der Waals surface area contributed by atoms with E-state index in [9.17, 15) is 9.90 Å². The third-order valence-corrected chi connectivity index (χ3v) is 3.00. The molecule has 3 heteroatoms. The predicted molar refractivity (Wildman–Crippen MR) is 51.8 cm³/mol. The van der Waals surface area contributed by atoms with E-state index in [4.69, 9.17) is 0 Å². The molecular weight excluding hydrogens is 166 g/mol. The summed E-state index contributed by atoms with van der Waals surface area (Å²) < 4.78 is 0. The highest BCUT2D eigenvalue weighted by Gasteiger charge is 2.39. The number of carboxylic acids is 1. The predicted octanol–water partition coefficient (Wildman–Crippen LogP) is 1.73. The minimum atomic E-state index is -0.670. The molecule has 1 saturated heterocycles. The highest BCUT2D eigenvalue weighted by Crippen LogP contribution is 2.26. The molecule has 0 aromatic rings. The SMILES string of the molecule is CCCC(C)(C(=O)O)N1CCCC1. The molecule has 1 rings (SSSR count). The number of nitrogens with zero attached hydrogens (tertiary/aromatic N) is 1. The van der Waals surface area contributed by atoms with Gasteiger partial charge in [0.2, 0.25) is 0 Å². The summed E-state index contributed by atoms with van der Waals surface area (Å²) in [5.41, 5.74) is -0.620. The molecule has 13 heavy (non-hydrogen) atoms. The molecule has 3 nitrogen and oxygen atoms in total. The topological polar surface area (TPSA) is 40.5 Å². The molecule has 0 spiro atoms. The van der Waals surface area contributed by atoms with Crippen molar-refractivity contribution >= 4 is 5.97 Å². The Morgan fingerprint density at radius 2 is 2.00 bits per heavy atom. The van der Waals surface area contributed by atoms with Gasteiger partial charge in [-0.15, -0.1) is 0 Å². The lowest BCUT2D eigenvalue weighted by atomic mass is 9.94. The van der Waals surface area contributed by atoms with Crippen LogP contribution in [0.3, 0.4) is 0 Å². The number of hydrogen-bond donors (Lipinski definition) is 1. The zero-order chi connectivity index (χ0) is 9.90. The van der Waals surface area contributed by atoms with E-state index in [-0.39, 0.29) is 0 Å².